The Hall–Kier alpha value is -1.10. The lowest BCUT2D eigenvalue weighted by Crippen LogP contribution is -2.49. The molecule has 0 radical (unpaired) electrons. The molecule has 0 unspecified atom stereocenters. The third-order valence-electron chi connectivity index (χ3n) is 2.10. The molecule has 0 spiro atoms. The summed E-state index contributed by atoms with van der Waals surface area (Å²) < 4.78 is 10.1. The molecule has 0 aliphatic carbocycles. The van der Waals surface area contributed by atoms with Gasteiger partial charge in [0.1, 0.15) is 5.60 Å². The van der Waals surface area contributed by atoms with Crippen molar-refractivity contribution in [3.05, 3.63) is 0 Å². The van der Waals surface area contributed by atoms with Crippen molar-refractivity contribution in [2.75, 3.05) is 6.61 Å². The molecule has 86 valence electrons. The molecule has 1 fully saturated rings. The molecule has 15 heavy (non-hydrogen) atoms. The van der Waals surface area contributed by atoms with Crippen molar-refractivity contribution in [3.8, 4) is 0 Å². The van der Waals surface area contributed by atoms with Gasteiger partial charge in [0.2, 0.25) is 0 Å². The molecule has 0 bridgehead atoms. The van der Waals surface area contributed by atoms with Crippen LogP contribution in [0, 0.1) is 0 Å². The second-order valence-electron chi connectivity index (χ2n) is 4.59. The molecule has 1 atom stereocenters. The molecule has 1 saturated heterocycles. The van der Waals surface area contributed by atoms with Gasteiger partial charge in [-0.05, 0) is 27.2 Å². The first-order valence-corrected chi connectivity index (χ1v) is 4.89. The summed E-state index contributed by atoms with van der Waals surface area (Å²) in [6.07, 6.45) is 0.739. The van der Waals surface area contributed by atoms with Gasteiger partial charge in [-0.1, -0.05) is 0 Å². The molecule has 1 rings (SSSR count). The molecule has 0 saturated carbocycles. The van der Waals surface area contributed by atoms with Crippen molar-refractivity contribution in [2.24, 2.45) is 0 Å². The third-order valence-corrected chi connectivity index (χ3v) is 2.10. The van der Waals surface area contributed by atoms with Crippen LogP contribution in [0.4, 0.5) is 0 Å². The molecule has 1 aliphatic rings. The van der Waals surface area contributed by atoms with E-state index in [1.807, 2.05) is 0 Å². The van der Waals surface area contributed by atoms with Crippen LogP contribution in [0.5, 0.6) is 0 Å². The topological polar surface area (TPSA) is 72.8 Å². The van der Waals surface area contributed by atoms with E-state index in [0.29, 0.717) is 6.42 Å². The van der Waals surface area contributed by atoms with Crippen LogP contribution in [-0.2, 0) is 19.1 Å². The van der Waals surface area contributed by atoms with Crippen LogP contribution in [0.3, 0.4) is 0 Å². The molecule has 0 aromatic rings. The quantitative estimate of drug-likeness (QED) is 0.549. The van der Waals surface area contributed by atoms with Gasteiger partial charge >= 0.3 is 11.9 Å². The number of rotatable bonds is 2. The van der Waals surface area contributed by atoms with Crippen LogP contribution in [0.2, 0.25) is 0 Å². The van der Waals surface area contributed by atoms with Gasteiger partial charge in [-0.2, -0.15) is 0 Å². The van der Waals surface area contributed by atoms with Crippen molar-refractivity contribution in [1.82, 2.24) is 0 Å². The van der Waals surface area contributed by atoms with Crippen LogP contribution < -0.4 is 0 Å². The van der Waals surface area contributed by atoms with E-state index in [9.17, 15) is 9.59 Å². The van der Waals surface area contributed by atoms with E-state index >= 15 is 0 Å². The minimum absolute atomic E-state index is 0.178. The zero-order valence-electron chi connectivity index (χ0n) is 9.20. The van der Waals surface area contributed by atoms with Crippen molar-refractivity contribution < 1.29 is 24.2 Å². The SMILES string of the molecule is CC(C)(C)OC(=O)[C@@]1(C(=O)O)CCCO1. The van der Waals surface area contributed by atoms with Gasteiger partial charge in [0, 0.05) is 13.0 Å². The summed E-state index contributed by atoms with van der Waals surface area (Å²) in [7, 11) is 0. The van der Waals surface area contributed by atoms with Crippen molar-refractivity contribution >= 4 is 11.9 Å². The molecule has 5 heteroatoms. The number of carboxylic acid groups (broad SMARTS) is 1. The Balaban J connectivity index is 2.82. The second-order valence-corrected chi connectivity index (χ2v) is 4.59. The number of aliphatic carboxylic acids is 1. The zero-order chi connectivity index (χ0) is 11.7. The van der Waals surface area contributed by atoms with Crippen LogP contribution in [0.1, 0.15) is 33.6 Å². The fourth-order valence-corrected chi connectivity index (χ4v) is 1.42. The molecule has 0 amide bonds. The maximum atomic E-state index is 11.7. The minimum Gasteiger partial charge on any atom is -0.479 e. The number of carbonyl (C=O) groups is 2. The highest BCUT2D eigenvalue weighted by Gasteiger charge is 2.52. The van der Waals surface area contributed by atoms with Gasteiger partial charge in [-0.3, -0.25) is 0 Å². The number of carboxylic acids is 1. The number of carbonyl (C=O) groups excluding carboxylic acids is 1. The predicted octanol–water partition coefficient (Wildman–Crippen LogP) is 0.962. The van der Waals surface area contributed by atoms with Crippen molar-refractivity contribution in [2.45, 2.75) is 44.8 Å². The Bertz CT molecular complexity index is 270. The standard InChI is InChI=1S/C10H16O5/c1-9(2,3)15-8(13)10(7(11)12)5-4-6-14-10/h4-6H2,1-3H3,(H,11,12)/t10-/m0/s1. The average Bonchev–Trinajstić information content (AvgIpc) is 2.48. The molecular formula is C10H16O5. The van der Waals surface area contributed by atoms with Gasteiger partial charge < -0.3 is 14.6 Å². The number of esters is 1. The highest BCUT2D eigenvalue weighted by atomic mass is 16.6. The van der Waals surface area contributed by atoms with E-state index in [0.717, 1.165) is 0 Å². The average molecular weight is 216 g/mol. The first kappa shape index (κ1) is 12.0. The second kappa shape index (κ2) is 3.81. The van der Waals surface area contributed by atoms with Crippen molar-refractivity contribution in [1.29, 1.82) is 0 Å². The number of hydrogen-bond acceptors (Lipinski definition) is 4. The zero-order valence-corrected chi connectivity index (χ0v) is 9.20. The van der Waals surface area contributed by atoms with Gasteiger partial charge in [-0.15, -0.1) is 0 Å². The van der Waals surface area contributed by atoms with Crippen LogP contribution in [0.15, 0.2) is 0 Å². The first-order chi connectivity index (χ1) is 6.78. The van der Waals surface area contributed by atoms with Crippen LogP contribution in [-0.4, -0.2) is 34.9 Å². The maximum Gasteiger partial charge on any atom is 0.350 e. The van der Waals surface area contributed by atoms with Crippen molar-refractivity contribution in [3.63, 3.8) is 0 Å². The number of ether oxygens (including phenoxy) is 2. The monoisotopic (exact) mass is 216 g/mol. The Morgan fingerprint density at radius 1 is 1.40 bits per heavy atom. The Kier molecular flexibility index (Phi) is 3.04. The fraction of sp³-hybridized carbons (Fsp3) is 0.800. The highest BCUT2D eigenvalue weighted by Crippen LogP contribution is 2.29. The first-order valence-electron chi connectivity index (χ1n) is 4.89. The summed E-state index contributed by atoms with van der Waals surface area (Å²) in [6, 6.07) is 0. The Labute approximate surface area is 88.4 Å². The van der Waals surface area contributed by atoms with Gasteiger partial charge in [-0.25, -0.2) is 9.59 Å². The van der Waals surface area contributed by atoms with E-state index in [1.54, 1.807) is 20.8 Å². The molecule has 5 nitrogen and oxygen atoms in total. The third kappa shape index (κ3) is 2.47. The van der Waals surface area contributed by atoms with Gasteiger partial charge in [0.25, 0.3) is 5.60 Å². The Morgan fingerprint density at radius 3 is 2.33 bits per heavy atom. The lowest BCUT2D eigenvalue weighted by Gasteiger charge is -2.27. The summed E-state index contributed by atoms with van der Waals surface area (Å²) in [5, 5.41) is 9.01. The predicted molar refractivity (Wildman–Crippen MR) is 51.4 cm³/mol. The van der Waals surface area contributed by atoms with Gasteiger partial charge in [0.15, 0.2) is 0 Å². The summed E-state index contributed by atoms with van der Waals surface area (Å²) in [4.78, 5) is 22.7. The molecule has 1 aliphatic heterocycles. The largest absolute Gasteiger partial charge is 0.479 e. The molecule has 1 N–H and O–H groups in total. The van der Waals surface area contributed by atoms with Crippen LogP contribution in [0.25, 0.3) is 0 Å². The summed E-state index contributed by atoms with van der Waals surface area (Å²) in [5.41, 5.74) is -2.49. The van der Waals surface area contributed by atoms with Crippen LogP contribution >= 0.6 is 0 Å². The lowest BCUT2D eigenvalue weighted by molar-refractivity contribution is -0.189. The lowest BCUT2D eigenvalue weighted by atomic mass is 10.0. The summed E-state index contributed by atoms with van der Waals surface area (Å²) in [6.45, 7) is 5.35. The molecular weight excluding hydrogens is 200 g/mol. The summed E-state index contributed by atoms with van der Waals surface area (Å²) in [5.74, 6) is -2.07. The maximum absolute atomic E-state index is 11.7. The highest BCUT2D eigenvalue weighted by molar-refractivity contribution is 6.03. The minimum atomic E-state index is -1.78. The summed E-state index contributed by atoms with van der Waals surface area (Å²) >= 11 is 0. The smallest absolute Gasteiger partial charge is 0.350 e. The van der Waals surface area contributed by atoms with E-state index in [1.165, 1.54) is 0 Å². The normalized spacial score (nSPS) is 26.3. The van der Waals surface area contributed by atoms with E-state index in [2.05, 4.69) is 0 Å². The van der Waals surface area contributed by atoms with E-state index in [4.69, 9.17) is 14.6 Å². The molecule has 1 heterocycles. The number of hydrogen-bond donors (Lipinski definition) is 1. The molecule has 0 aromatic heterocycles. The Morgan fingerprint density at radius 2 is 2.00 bits per heavy atom. The van der Waals surface area contributed by atoms with E-state index < -0.39 is 23.1 Å². The van der Waals surface area contributed by atoms with E-state index in [-0.39, 0.29) is 13.0 Å². The van der Waals surface area contributed by atoms with Gasteiger partial charge in [0.05, 0.1) is 0 Å². The fourth-order valence-electron chi connectivity index (χ4n) is 1.42. The molecule has 0 aromatic carbocycles.